The van der Waals surface area contributed by atoms with Crippen LogP contribution in [0.25, 0.3) is 0 Å². The van der Waals surface area contributed by atoms with Crippen LogP contribution >= 0.6 is 0 Å². The highest BCUT2D eigenvalue weighted by Crippen LogP contribution is 2.23. The third kappa shape index (κ3) is 2.19. The van der Waals surface area contributed by atoms with Crippen LogP contribution in [0.15, 0.2) is 11.1 Å². The maximum absolute atomic E-state index is 7.94. The molecule has 2 heteroatoms. The van der Waals surface area contributed by atoms with Crippen molar-refractivity contribution >= 4 is 5.71 Å². The summed E-state index contributed by atoms with van der Waals surface area (Å²) in [6, 6.07) is 0. The smallest absolute Gasteiger partial charge is 0.0488 e. The minimum Gasteiger partial charge on any atom is -0.304 e. The van der Waals surface area contributed by atoms with Crippen molar-refractivity contribution in [2.24, 2.45) is 5.92 Å². The summed E-state index contributed by atoms with van der Waals surface area (Å²) >= 11 is 0. The summed E-state index contributed by atoms with van der Waals surface area (Å²) in [5.74, 6) is 0.510. The molecular weight excluding hydrogens is 160 g/mol. The van der Waals surface area contributed by atoms with Gasteiger partial charge in [0.2, 0.25) is 0 Å². The van der Waals surface area contributed by atoms with Gasteiger partial charge in [-0.2, -0.15) is 0 Å². The first-order valence-electron chi connectivity index (χ1n) is 5.04. The molecule has 0 aromatic rings. The SMILES string of the molecule is CCC1=C(C(C)C)C(=N)CN(C)C1. The summed E-state index contributed by atoms with van der Waals surface area (Å²) in [6.45, 7) is 8.42. The first-order chi connectivity index (χ1) is 6.06. The van der Waals surface area contributed by atoms with Crippen molar-refractivity contribution in [3.63, 3.8) is 0 Å². The average molecular weight is 180 g/mol. The molecule has 0 aromatic heterocycles. The Morgan fingerprint density at radius 1 is 1.38 bits per heavy atom. The zero-order valence-electron chi connectivity index (χ0n) is 9.15. The average Bonchev–Trinajstić information content (AvgIpc) is 2.01. The normalized spacial score (nSPS) is 20.2. The fourth-order valence-corrected chi connectivity index (χ4v) is 2.09. The second-order valence-electron chi connectivity index (χ2n) is 4.18. The lowest BCUT2D eigenvalue weighted by atomic mass is 9.88. The van der Waals surface area contributed by atoms with Gasteiger partial charge < -0.3 is 5.41 Å². The molecule has 0 amide bonds. The van der Waals surface area contributed by atoms with E-state index in [2.05, 4.69) is 32.7 Å². The number of likely N-dealkylation sites (N-methyl/N-ethyl adjacent to an activating group) is 1. The summed E-state index contributed by atoms with van der Waals surface area (Å²) in [7, 11) is 2.08. The highest BCUT2D eigenvalue weighted by molar-refractivity contribution is 6.01. The van der Waals surface area contributed by atoms with Crippen LogP contribution in [0, 0.1) is 11.3 Å². The molecule has 74 valence electrons. The lowest BCUT2D eigenvalue weighted by Gasteiger charge is -2.30. The van der Waals surface area contributed by atoms with Gasteiger partial charge in [0.05, 0.1) is 0 Å². The van der Waals surface area contributed by atoms with Crippen molar-refractivity contribution in [2.75, 3.05) is 20.1 Å². The fraction of sp³-hybridized carbons (Fsp3) is 0.727. The van der Waals surface area contributed by atoms with Crippen LogP contribution in [0.1, 0.15) is 27.2 Å². The Bertz CT molecular complexity index is 238. The van der Waals surface area contributed by atoms with Crippen LogP contribution in [0.2, 0.25) is 0 Å². The molecule has 13 heavy (non-hydrogen) atoms. The lowest BCUT2D eigenvalue weighted by Crippen LogP contribution is -2.35. The molecule has 1 rings (SSSR count). The Hall–Kier alpha value is -0.630. The van der Waals surface area contributed by atoms with Gasteiger partial charge in [-0.05, 0) is 25.0 Å². The monoisotopic (exact) mass is 180 g/mol. The van der Waals surface area contributed by atoms with E-state index in [1.54, 1.807) is 0 Å². The van der Waals surface area contributed by atoms with Gasteiger partial charge in [0.25, 0.3) is 0 Å². The molecule has 1 heterocycles. The van der Waals surface area contributed by atoms with Gasteiger partial charge >= 0.3 is 0 Å². The minimum absolute atomic E-state index is 0.510. The first-order valence-corrected chi connectivity index (χ1v) is 5.04. The van der Waals surface area contributed by atoms with Gasteiger partial charge in [0, 0.05) is 18.8 Å². The van der Waals surface area contributed by atoms with Crippen LogP contribution in [0.4, 0.5) is 0 Å². The molecule has 0 fully saturated rings. The second-order valence-corrected chi connectivity index (χ2v) is 4.18. The Morgan fingerprint density at radius 2 is 2.00 bits per heavy atom. The molecule has 0 radical (unpaired) electrons. The fourth-order valence-electron chi connectivity index (χ4n) is 2.09. The molecule has 1 aliphatic rings. The topological polar surface area (TPSA) is 27.1 Å². The number of hydrogen-bond donors (Lipinski definition) is 1. The highest BCUT2D eigenvalue weighted by Gasteiger charge is 2.21. The van der Waals surface area contributed by atoms with E-state index in [-0.39, 0.29) is 0 Å². The van der Waals surface area contributed by atoms with E-state index in [1.807, 2.05) is 0 Å². The largest absolute Gasteiger partial charge is 0.304 e. The van der Waals surface area contributed by atoms with E-state index in [0.717, 1.165) is 25.2 Å². The summed E-state index contributed by atoms with van der Waals surface area (Å²) in [6.07, 6.45) is 1.08. The van der Waals surface area contributed by atoms with E-state index in [0.29, 0.717) is 5.92 Å². The van der Waals surface area contributed by atoms with Crippen molar-refractivity contribution in [2.45, 2.75) is 27.2 Å². The summed E-state index contributed by atoms with van der Waals surface area (Å²) in [5, 5.41) is 7.94. The molecule has 0 aliphatic carbocycles. The van der Waals surface area contributed by atoms with Crippen LogP contribution < -0.4 is 0 Å². The number of hydrogen-bond acceptors (Lipinski definition) is 2. The summed E-state index contributed by atoms with van der Waals surface area (Å²) in [4.78, 5) is 2.22. The maximum atomic E-state index is 7.94. The zero-order valence-corrected chi connectivity index (χ0v) is 9.15. The molecule has 0 saturated carbocycles. The molecule has 0 aromatic carbocycles. The van der Waals surface area contributed by atoms with Gasteiger partial charge in [-0.3, -0.25) is 4.90 Å². The van der Waals surface area contributed by atoms with Crippen LogP contribution in [-0.2, 0) is 0 Å². The predicted molar refractivity (Wildman–Crippen MR) is 57.4 cm³/mol. The number of rotatable bonds is 2. The molecule has 0 spiro atoms. The maximum Gasteiger partial charge on any atom is 0.0488 e. The Balaban J connectivity index is 2.99. The molecule has 1 aliphatic heterocycles. The summed E-state index contributed by atoms with van der Waals surface area (Å²) < 4.78 is 0. The zero-order chi connectivity index (χ0) is 10.0. The molecule has 2 nitrogen and oxygen atoms in total. The Kier molecular flexibility index (Phi) is 3.26. The van der Waals surface area contributed by atoms with E-state index in [9.17, 15) is 0 Å². The molecule has 0 atom stereocenters. The number of nitrogens with zero attached hydrogens (tertiary/aromatic N) is 1. The van der Waals surface area contributed by atoms with Gasteiger partial charge in [-0.1, -0.05) is 26.3 Å². The Labute approximate surface area is 81.1 Å². The molecule has 0 bridgehead atoms. The lowest BCUT2D eigenvalue weighted by molar-refractivity contribution is 0.396. The highest BCUT2D eigenvalue weighted by atomic mass is 15.1. The first kappa shape index (κ1) is 10.5. The summed E-state index contributed by atoms with van der Waals surface area (Å²) in [5.41, 5.74) is 3.58. The molecular formula is C11H20N2. The van der Waals surface area contributed by atoms with E-state index in [1.165, 1.54) is 11.1 Å². The standard InChI is InChI=1S/C11H20N2/c1-5-9-6-13(4)7-10(12)11(9)8(2)3/h8,12H,5-7H2,1-4H3. The van der Waals surface area contributed by atoms with Crippen molar-refractivity contribution in [1.82, 2.24) is 4.90 Å². The van der Waals surface area contributed by atoms with Crippen LogP contribution in [-0.4, -0.2) is 30.7 Å². The van der Waals surface area contributed by atoms with Crippen LogP contribution in [0.3, 0.4) is 0 Å². The van der Waals surface area contributed by atoms with Crippen LogP contribution in [0.5, 0.6) is 0 Å². The van der Waals surface area contributed by atoms with Crippen molar-refractivity contribution in [3.05, 3.63) is 11.1 Å². The molecule has 0 saturated heterocycles. The van der Waals surface area contributed by atoms with E-state index >= 15 is 0 Å². The third-order valence-electron chi connectivity index (χ3n) is 2.60. The van der Waals surface area contributed by atoms with Crippen molar-refractivity contribution in [1.29, 1.82) is 5.41 Å². The second kappa shape index (κ2) is 4.05. The number of nitrogens with one attached hydrogen (secondary N) is 1. The van der Waals surface area contributed by atoms with Crippen molar-refractivity contribution in [3.8, 4) is 0 Å². The van der Waals surface area contributed by atoms with Gasteiger partial charge in [-0.25, -0.2) is 0 Å². The van der Waals surface area contributed by atoms with E-state index < -0.39 is 0 Å². The predicted octanol–water partition coefficient (Wildman–Crippen LogP) is 2.31. The Morgan fingerprint density at radius 3 is 2.46 bits per heavy atom. The van der Waals surface area contributed by atoms with Gasteiger partial charge in [0.15, 0.2) is 0 Å². The minimum atomic E-state index is 0.510. The molecule has 1 N–H and O–H groups in total. The van der Waals surface area contributed by atoms with Gasteiger partial charge in [0.1, 0.15) is 0 Å². The van der Waals surface area contributed by atoms with E-state index in [4.69, 9.17) is 5.41 Å². The molecule has 0 unspecified atom stereocenters. The quantitative estimate of drug-likeness (QED) is 0.693. The third-order valence-corrected chi connectivity index (χ3v) is 2.60. The van der Waals surface area contributed by atoms with Gasteiger partial charge in [-0.15, -0.1) is 0 Å². The van der Waals surface area contributed by atoms with Crippen molar-refractivity contribution < 1.29 is 0 Å².